The summed E-state index contributed by atoms with van der Waals surface area (Å²) in [7, 11) is 1.54. The lowest BCUT2D eigenvalue weighted by Crippen LogP contribution is -2.18. The first-order chi connectivity index (χ1) is 8.70. The lowest BCUT2D eigenvalue weighted by Gasteiger charge is -2.14. The van der Waals surface area contributed by atoms with E-state index in [1.807, 2.05) is 12.1 Å². The van der Waals surface area contributed by atoms with Gasteiger partial charge in [0.05, 0.1) is 13.7 Å². The fourth-order valence-corrected chi connectivity index (χ4v) is 1.73. The molecule has 0 aliphatic rings. The largest absolute Gasteiger partial charge is 0.504 e. The Kier molecular flexibility index (Phi) is 3.84. The molecule has 3 N–H and O–H groups in total. The molecule has 0 aliphatic carbocycles. The van der Waals surface area contributed by atoms with Crippen LogP contribution in [0, 0.1) is 0 Å². The molecule has 96 valence electrons. The van der Waals surface area contributed by atoms with Crippen molar-refractivity contribution in [1.82, 2.24) is 15.3 Å². The van der Waals surface area contributed by atoms with Gasteiger partial charge in [-0.05, 0) is 24.6 Å². The van der Waals surface area contributed by atoms with Gasteiger partial charge in [-0.25, -0.2) is 4.98 Å². The molecule has 2 aromatic rings. The van der Waals surface area contributed by atoms with Gasteiger partial charge in [0.2, 0.25) is 0 Å². The summed E-state index contributed by atoms with van der Waals surface area (Å²) in [6.45, 7) is 2.71. The van der Waals surface area contributed by atoms with Gasteiger partial charge in [-0.1, -0.05) is 6.07 Å². The van der Waals surface area contributed by atoms with Crippen molar-refractivity contribution in [2.45, 2.75) is 19.5 Å². The van der Waals surface area contributed by atoms with Crippen molar-refractivity contribution in [3.8, 4) is 11.5 Å². The van der Waals surface area contributed by atoms with Crippen LogP contribution in [0.25, 0.3) is 0 Å². The van der Waals surface area contributed by atoms with Crippen molar-refractivity contribution < 1.29 is 9.84 Å². The predicted octanol–water partition coefficient (Wildman–Crippen LogP) is 1.97. The molecule has 1 aromatic heterocycles. The van der Waals surface area contributed by atoms with Gasteiger partial charge in [0.25, 0.3) is 0 Å². The van der Waals surface area contributed by atoms with E-state index in [0.29, 0.717) is 12.3 Å². The van der Waals surface area contributed by atoms with Crippen molar-refractivity contribution in [2.24, 2.45) is 0 Å². The molecule has 0 amide bonds. The Morgan fingerprint density at radius 1 is 1.50 bits per heavy atom. The molecule has 1 unspecified atom stereocenters. The van der Waals surface area contributed by atoms with Crippen LogP contribution in [0.15, 0.2) is 30.6 Å². The number of benzene rings is 1. The molecule has 0 spiro atoms. The molecule has 0 aliphatic heterocycles. The van der Waals surface area contributed by atoms with Crippen LogP contribution in [-0.2, 0) is 6.54 Å². The van der Waals surface area contributed by atoms with Gasteiger partial charge in [0.1, 0.15) is 5.82 Å². The molecule has 5 nitrogen and oxygen atoms in total. The average molecular weight is 247 g/mol. The number of H-pyrrole nitrogens is 1. The van der Waals surface area contributed by atoms with Crippen molar-refractivity contribution in [3.05, 3.63) is 42.0 Å². The molecule has 1 aromatic carbocycles. The second kappa shape index (κ2) is 5.55. The van der Waals surface area contributed by atoms with E-state index < -0.39 is 0 Å². The van der Waals surface area contributed by atoms with E-state index in [1.165, 1.54) is 0 Å². The van der Waals surface area contributed by atoms with E-state index in [2.05, 4.69) is 22.2 Å². The third-order valence-electron chi connectivity index (χ3n) is 2.83. The summed E-state index contributed by atoms with van der Waals surface area (Å²) in [6, 6.07) is 5.48. The second-order valence-corrected chi connectivity index (χ2v) is 4.07. The molecule has 5 heteroatoms. The van der Waals surface area contributed by atoms with Crippen molar-refractivity contribution in [1.29, 1.82) is 0 Å². The predicted molar refractivity (Wildman–Crippen MR) is 68.5 cm³/mol. The van der Waals surface area contributed by atoms with Crippen molar-refractivity contribution in [2.75, 3.05) is 7.11 Å². The third kappa shape index (κ3) is 2.81. The van der Waals surface area contributed by atoms with Crippen LogP contribution in [0.1, 0.15) is 24.4 Å². The summed E-state index contributed by atoms with van der Waals surface area (Å²) in [4.78, 5) is 7.18. The van der Waals surface area contributed by atoms with Crippen LogP contribution in [0.5, 0.6) is 11.5 Å². The molecule has 1 atom stereocenters. The van der Waals surface area contributed by atoms with Crippen LogP contribution in [-0.4, -0.2) is 22.2 Å². The molecule has 2 rings (SSSR count). The Morgan fingerprint density at radius 2 is 2.33 bits per heavy atom. The highest BCUT2D eigenvalue weighted by Gasteiger charge is 2.09. The van der Waals surface area contributed by atoms with Gasteiger partial charge in [0.15, 0.2) is 11.5 Å². The number of aromatic amines is 1. The average Bonchev–Trinajstić information content (AvgIpc) is 2.89. The number of aromatic nitrogens is 2. The van der Waals surface area contributed by atoms with Gasteiger partial charge < -0.3 is 20.1 Å². The number of nitrogens with zero attached hydrogens (tertiary/aromatic N) is 1. The number of hydrogen-bond donors (Lipinski definition) is 3. The summed E-state index contributed by atoms with van der Waals surface area (Å²) in [5, 5.41) is 12.9. The first kappa shape index (κ1) is 12.4. The van der Waals surface area contributed by atoms with Gasteiger partial charge in [-0.15, -0.1) is 0 Å². The molecule has 0 saturated heterocycles. The van der Waals surface area contributed by atoms with Gasteiger partial charge >= 0.3 is 0 Å². The highest BCUT2D eigenvalue weighted by Crippen LogP contribution is 2.28. The maximum absolute atomic E-state index is 9.54. The lowest BCUT2D eigenvalue weighted by atomic mass is 10.1. The van der Waals surface area contributed by atoms with E-state index in [9.17, 15) is 5.11 Å². The zero-order valence-electron chi connectivity index (χ0n) is 10.5. The van der Waals surface area contributed by atoms with E-state index >= 15 is 0 Å². The highest BCUT2D eigenvalue weighted by molar-refractivity contribution is 5.42. The number of rotatable bonds is 5. The number of hydrogen-bond acceptors (Lipinski definition) is 4. The zero-order valence-corrected chi connectivity index (χ0v) is 10.5. The zero-order chi connectivity index (χ0) is 13.0. The van der Waals surface area contributed by atoms with E-state index in [4.69, 9.17) is 4.74 Å². The summed E-state index contributed by atoms with van der Waals surface area (Å²) in [5.74, 6) is 1.53. The Balaban J connectivity index is 2.02. The Labute approximate surface area is 106 Å². The maximum Gasteiger partial charge on any atom is 0.160 e. The van der Waals surface area contributed by atoms with Crippen LogP contribution in [0.3, 0.4) is 0 Å². The minimum atomic E-state index is 0.143. The molecule has 18 heavy (non-hydrogen) atoms. The summed E-state index contributed by atoms with van der Waals surface area (Å²) in [6.07, 6.45) is 3.52. The van der Waals surface area contributed by atoms with Crippen molar-refractivity contribution in [3.63, 3.8) is 0 Å². The number of nitrogens with one attached hydrogen (secondary N) is 2. The Morgan fingerprint density at radius 3 is 3.00 bits per heavy atom. The standard InChI is InChI=1S/C13H17N3O2/c1-9(16-8-13-14-5-6-15-13)10-3-4-11(17)12(7-10)18-2/h3-7,9,16-17H,8H2,1-2H3,(H,14,15). The van der Waals surface area contributed by atoms with Crippen LogP contribution < -0.4 is 10.1 Å². The van der Waals surface area contributed by atoms with Gasteiger partial charge in [-0.2, -0.15) is 0 Å². The molecule has 0 saturated carbocycles. The molecular weight excluding hydrogens is 230 g/mol. The third-order valence-corrected chi connectivity index (χ3v) is 2.83. The minimum Gasteiger partial charge on any atom is -0.504 e. The number of ether oxygens (including phenoxy) is 1. The molecule has 0 fully saturated rings. The number of aromatic hydroxyl groups is 1. The first-order valence-corrected chi connectivity index (χ1v) is 5.79. The molecular formula is C13H17N3O2. The second-order valence-electron chi connectivity index (χ2n) is 4.07. The van der Waals surface area contributed by atoms with Crippen LogP contribution >= 0.6 is 0 Å². The van der Waals surface area contributed by atoms with E-state index in [-0.39, 0.29) is 11.8 Å². The van der Waals surface area contributed by atoms with Crippen LogP contribution in [0.2, 0.25) is 0 Å². The van der Waals surface area contributed by atoms with Crippen molar-refractivity contribution >= 4 is 0 Å². The normalized spacial score (nSPS) is 12.3. The smallest absolute Gasteiger partial charge is 0.160 e. The first-order valence-electron chi connectivity index (χ1n) is 5.79. The monoisotopic (exact) mass is 247 g/mol. The molecule has 0 radical (unpaired) electrons. The SMILES string of the molecule is COc1cc(C(C)NCc2ncc[nH]2)ccc1O. The minimum absolute atomic E-state index is 0.143. The fourth-order valence-electron chi connectivity index (χ4n) is 1.73. The van der Waals surface area contributed by atoms with E-state index in [1.54, 1.807) is 25.6 Å². The lowest BCUT2D eigenvalue weighted by molar-refractivity contribution is 0.372. The highest BCUT2D eigenvalue weighted by atomic mass is 16.5. The topological polar surface area (TPSA) is 70.2 Å². The van der Waals surface area contributed by atoms with Gasteiger partial charge in [0, 0.05) is 18.4 Å². The molecule has 0 bridgehead atoms. The fraction of sp³-hybridized carbons (Fsp3) is 0.308. The van der Waals surface area contributed by atoms with E-state index in [0.717, 1.165) is 11.4 Å². The summed E-state index contributed by atoms with van der Waals surface area (Å²) < 4.78 is 5.09. The number of methoxy groups -OCH3 is 1. The van der Waals surface area contributed by atoms with Gasteiger partial charge in [-0.3, -0.25) is 0 Å². The number of phenolic OH excluding ortho intramolecular Hbond substituents is 1. The number of phenols is 1. The van der Waals surface area contributed by atoms with Crippen LogP contribution in [0.4, 0.5) is 0 Å². The number of imidazole rings is 1. The summed E-state index contributed by atoms with van der Waals surface area (Å²) >= 11 is 0. The molecule has 1 heterocycles. The summed E-state index contributed by atoms with van der Waals surface area (Å²) in [5.41, 5.74) is 1.05. The Bertz CT molecular complexity index is 497. The Hall–Kier alpha value is -2.01. The maximum atomic E-state index is 9.54. The quantitative estimate of drug-likeness (QED) is 0.755.